The van der Waals surface area contributed by atoms with Crippen molar-refractivity contribution in [1.82, 2.24) is 4.90 Å². The van der Waals surface area contributed by atoms with Gasteiger partial charge in [-0.05, 0) is 55.0 Å². The zero-order chi connectivity index (χ0) is 21.0. The Morgan fingerprint density at radius 3 is 2.28 bits per heavy atom. The number of anilines is 2. The lowest BCUT2D eigenvalue weighted by molar-refractivity contribution is -0.130. The quantitative estimate of drug-likeness (QED) is 0.775. The molecule has 0 unspecified atom stereocenters. The number of sulfonamides is 1. The monoisotopic (exact) mass is 417 g/mol. The lowest BCUT2D eigenvalue weighted by atomic mass is 10.2. The van der Waals surface area contributed by atoms with Crippen LogP contribution >= 0.6 is 0 Å². The first-order chi connectivity index (χ1) is 13.8. The molecule has 154 valence electrons. The molecule has 1 heterocycles. The number of rotatable bonds is 6. The molecular weight excluding hydrogens is 394 g/mol. The number of amides is 2. The van der Waals surface area contributed by atoms with Crippen molar-refractivity contribution < 1.29 is 22.7 Å². The van der Waals surface area contributed by atoms with Gasteiger partial charge in [0, 0.05) is 31.9 Å². The fourth-order valence-corrected chi connectivity index (χ4v) is 4.39. The smallest absolute Gasteiger partial charge is 0.259 e. The first-order valence-electron chi connectivity index (χ1n) is 9.11. The minimum atomic E-state index is -3.24. The number of nitrogens with one attached hydrogen (secondary N) is 1. The highest BCUT2D eigenvalue weighted by Gasteiger charge is 2.28. The van der Waals surface area contributed by atoms with Gasteiger partial charge >= 0.3 is 0 Å². The van der Waals surface area contributed by atoms with E-state index in [0.29, 0.717) is 35.7 Å². The Labute approximate surface area is 170 Å². The average molecular weight is 417 g/mol. The summed E-state index contributed by atoms with van der Waals surface area (Å²) in [6, 6.07) is 13.2. The Hall–Kier alpha value is -3.07. The molecule has 2 amide bonds. The molecule has 9 heteroatoms. The van der Waals surface area contributed by atoms with E-state index in [0.717, 1.165) is 0 Å². The van der Waals surface area contributed by atoms with Crippen LogP contribution in [0.15, 0.2) is 48.5 Å². The Morgan fingerprint density at radius 2 is 1.72 bits per heavy atom. The Balaban J connectivity index is 1.59. The highest BCUT2D eigenvalue weighted by atomic mass is 32.2. The van der Waals surface area contributed by atoms with Gasteiger partial charge in [-0.3, -0.25) is 13.9 Å². The standard InChI is InChI=1S/C20H23N3O5S/c1-22(2)19(24)14-28-18-10-6-16(7-11-18)21-20(25)15-4-8-17(9-5-15)23-12-3-13-29(23,26)27/h4-11H,3,12-14H2,1-2H3,(H,21,25). The number of carbonyl (C=O) groups excluding carboxylic acids is 2. The van der Waals surface area contributed by atoms with Gasteiger partial charge in [0.15, 0.2) is 6.61 Å². The van der Waals surface area contributed by atoms with Crippen LogP contribution in [0.3, 0.4) is 0 Å². The van der Waals surface area contributed by atoms with Crippen LogP contribution < -0.4 is 14.4 Å². The van der Waals surface area contributed by atoms with E-state index in [9.17, 15) is 18.0 Å². The number of ether oxygens (including phenoxy) is 1. The number of hydrogen-bond acceptors (Lipinski definition) is 5. The molecule has 1 aliphatic rings. The molecule has 0 saturated carbocycles. The van der Waals surface area contributed by atoms with Gasteiger partial charge in [-0.25, -0.2) is 8.42 Å². The minimum Gasteiger partial charge on any atom is -0.484 e. The maximum atomic E-state index is 12.4. The van der Waals surface area contributed by atoms with E-state index in [-0.39, 0.29) is 24.2 Å². The van der Waals surface area contributed by atoms with E-state index in [4.69, 9.17) is 4.74 Å². The molecule has 2 aromatic carbocycles. The normalized spacial score (nSPS) is 15.0. The molecule has 1 saturated heterocycles. The highest BCUT2D eigenvalue weighted by molar-refractivity contribution is 7.93. The summed E-state index contributed by atoms with van der Waals surface area (Å²) in [4.78, 5) is 25.4. The summed E-state index contributed by atoms with van der Waals surface area (Å²) in [6.45, 7) is 0.403. The molecule has 3 rings (SSSR count). The molecule has 0 atom stereocenters. The highest BCUT2D eigenvalue weighted by Crippen LogP contribution is 2.24. The summed E-state index contributed by atoms with van der Waals surface area (Å²) in [6.07, 6.45) is 0.605. The third kappa shape index (κ3) is 5.05. The van der Waals surface area contributed by atoms with Gasteiger partial charge in [0.05, 0.1) is 11.4 Å². The molecule has 2 aromatic rings. The van der Waals surface area contributed by atoms with Crippen LogP contribution in [0.25, 0.3) is 0 Å². The molecule has 0 aromatic heterocycles. The molecule has 0 aliphatic carbocycles. The van der Waals surface area contributed by atoms with E-state index in [1.165, 1.54) is 9.21 Å². The second-order valence-electron chi connectivity index (χ2n) is 6.84. The molecule has 1 N–H and O–H groups in total. The molecule has 0 spiro atoms. The van der Waals surface area contributed by atoms with E-state index in [2.05, 4.69) is 5.32 Å². The van der Waals surface area contributed by atoms with Gasteiger partial charge in [-0.1, -0.05) is 0 Å². The van der Waals surface area contributed by atoms with Crippen LogP contribution in [-0.4, -0.2) is 58.1 Å². The van der Waals surface area contributed by atoms with Crippen molar-refractivity contribution in [2.75, 3.05) is 42.6 Å². The number of likely N-dealkylation sites (N-methyl/N-ethyl adjacent to an activating group) is 1. The zero-order valence-electron chi connectivity index (χ0n) is 16.3. The van der Waals surface area contributed by atoms with Crippen LogP contribution in [0.2, 0.25) is 0 Å². The predicted molar refractivity (Wildman–Crippen MR) is 111 cm³/mol. The fourth-order valence-electron chi connectivity index (χ4n) is 2.82. The van der Waals surface area contributed by atoms with Gasteiger partial charge in [0.1, 0.15) is 5.75 Å². The van der Waals surface area contributed by atoms with Gasteiger partial charge in [-0.2, -0.15) is 0 Å². The van der Waals surface area contributed by atoms with Crippen LogP contribution in [0.5, 0.6) is 5.75 Å². The number of benzene rings is 2. The topological polar surface area (TPSA) is 96.0 Å². The third-order valence-electron chi connectivity index (χ3n) is 4.49. The maximum Gasteiger partial charge on any atom is 0.259 e. The van der Waals surface area contributed by atoms with E-state index >= 15 is 0 Å². The second kappa shape index (κ2) is 8.52. The summed E-state index contributed by atoms with van der Waals surface area (Å²) in [5, 5.41) is 2.77. The summed E-state index contributed by atoms with van der Waals surface area (Å²) >= 11 is 0. The van der Waals surface area contributed by atoms with Crippen molar-refractivity contribution in [2.45, 2.75) is 6.42 Å². The summed E-state index contributed by atoms with van der Waals surface area (Å²) in [5.41, 5.74) is 1.56. The minimum absolute atomic E-state index is 0.0577. The fraction of sp³-hybridized carbons (Fsp3) is 0.300. The number of carbonyl (C=O) groups is 2. The molecular formula is C20H23N3O5S. The summed E-state index contributed by atoms with van der Waals surface area (Å²) in [5.74, 6) is 0.220. The lowest BCUT2D eigenvalue weighted by Gasteiger charge is -2.17. The van der Waals surface area contributed by atoms with E-state index in [1.807, 2.05) is 0 Å². The maximum absolute atomic E-state index is 12.4. The van der Waals surface area contributed by atoms with Crippen LogP contribution in [0.1, 0.15) is 16.8 Å². The number of nitrogens with zero attached hydrogens (tertiary/aromatic N) is 2. The third-order valence-corrected chi connectivity index (χ3v) is 6.36. The molecule has 1 fully saturated rings. The van der Waals surface area contributed by atoms with Gasteiger partial charge < -0.3 is 15.0 Å². The number of hydrogen-bond donors (Lipinski definition) is 1. The molecule has 29 heavy (non-hydrogen) atoms. The molecule has 8 nitrogen and oxygen atoms in total. The summed E-state index contributed by atoms with van der Waals surface area (Å²) in [7, 11) is 0.0636. The lowest BCUT2D eigenvalue weighted by Crippen LogP contribution is -2.27. The van der Waals surface area contributed by atoms with Gasteiger partial charge in [0.2, 0.25) is 10.0 Å². The largest absolute Gasteiger partial charge is 0.484 e. The van der Waals surface area contributed by atoms with Crippen LogP contribution in [0, 0.1) is 0 Å². The van der Waals surface area contributed by atoms with Crippen molar-refractivity contribution in [1.29, 1.82) is 0 Å². The second-order valence-corrected chi connectivity index (χ2v) is 8.86. The first kappa shape index (κ1) is 20.7. The predicted octanol–water partition coefficient (Wildman–Crippen LogP) is 1.95. The van der Waals surface area contributed by atoms with E-state index < -0.39 is 10.0 Å². The van der Waals surface area contributed by atoms with Crippen molar-refractivity contribution in [2.24, 2.45) is 0 Å². The molecule has 0 radical (unpaired) electrons. The summed E-state index contributed by atoms with van der Waals surface area (Å²) < 4.78 is 30.7. The van der Waals surface area contributed by atoms with Crippen molar-refractivity contribution in [3.63, 3.8) is 0 Å². The Kier molecular flexibility index (Phi) is 6.07. The molecule has 1 aliphatic heterocycles. The Bertz CT molecular complexity index is 986. The zero-order valence-corrected chi connectivity index (χ0v) is 17.1. The Morgan fingerprint density at radius 1 is 1.07 bits per heavy atom. The van der Waals surface area contributed by atoms with Crippen molar-refractivity contribution in [3.05, 3.63) is 54.1 Å². The average Bonchev–Trinajstić information content (AvgIpc) is 3.06. The van der Waals surface area contributed by atoms with Crippen LogP contribution in [0.4, 0.5) is 11.4 Å². The van der Waals surface area contributed by atoms with Crippen LogP contribution in [-0.2, 0) is 14.8 Å². The SMILES string of the molecule is CN(C)C(=O)COc1ccc(NC(=O)c2ccc(N3CCCS3(=O)=O)cc2)cc1. The van der Waals surface area contributed by atoms with Gasteiger partial charge in [0.25, 0.3) is 11.8 Å². The molecule has 0 bridgehead atoms. The first-order valence-corrected chi connectivity index (χ1v) is 10.7. The van der Waals surface area contributed by atoms with E-state index in [1.54, 1.807) is 62.6 Å². The van der Waals surface area contributed by atoms with Crippen molar-refractivity contribution in [3.8, 4) is 5.75 Å². The van der Waals surface area contributed by atoms with Gasteiger partial charge in [-0.15, -0.1) is 0 Å². The van der Waals surface area contributed by atoms with Crippen molar-refractivity contribution >= 4 is 33.2 Å².